The van der Waals surface area contributed by atoms with Crippen LogP contribution in [-0.4, -0.2) is 6.03 Å². The van der Waals surface area contributed by atoms with E-state index in [1.165, 1.54) is 12.1 Å². The summed E-state index contributed by atoms with van der Waals surface area (Å²) in [5.74, 6) is -0.288. The Bertz CT molecular complexity index is 635. The van der Waals surface area contributed by atoms with Gasteiger partial charge in [-0.25, -0.2) is 9.18 Å². The Morgan fingerprint density at radius 3 is 2.57 bits per heavy atom. The Labute approximate surface area is 123 Å². The highest BCUT2D eigenvalue weighted by atomic mass is 19.1. The van der Waals surface area contributed by atoms with E-state index < -0.39 is 0 Å². The molecule has 0 unspecified atom stereocenters. The molecule has 2 rings (SSSR count). The summed E-state index contributed by atoms with van der Waals surface area (Å²) < 4.78 is 12.7. The lowest BCUT2D eigenvalue weighted by Crippen LogP contribution is -2.31. The van der Waals surface area contributed by atoms with Gasteiger partial charge in [-0.2, -0.15) is 0 Å². The van der Waals surface area contributed by atoms with Crippen LogP contribution in [0.25, 0.3) is 6.08 Å². The highest BCUT2D eigenvalue weighted by molar-refractivity contribution is 5.76. The minimum Gasteiger partial charge on any atom is -0.334 e. The summed E-state index contributed by atoms with van der Waals surface area (Å²) in [5, 5.41) is 5.33. The van der Waals surface area contributed by atoms with Gasteiger partial charge in [-0.05, 0) is 41.8 Å². The predicted octanol–water partition coefficient (Wildman–Crippen LogP) is 3.60. The average Bonchev–Trinajstić information content (AvgIpc) is 2.49. The first kappa shape index (κ1) is 14.8. The molecule has 108 valence electrons. The number of nitrogens with one attached hydrogen (secondary N) is 2. The van der Waals surface area contributed by atoms with Crippen LogP contribution in [0.15, 0.2) is 54.7 Å². The maximum absolute atomic E-state index is 12.7. The molecule has 2 aromatic rings. The maximum atomic E-state index is 12.7. The number of carbonyl (C=O) groups excluding carboxylic acids is 1. The van der Waals surface area contributed by atoms with Crippen LogP contribution in [0, 0.1) is 12.7 Å². The molecule has 0 atom stereocenters. The zero-order valence-electron chi connectivity index (χ0n) is 11.8. The van der Waals surface area contributed by atoms with Gasteiger partial charge in [-0.3, -0.25) is 0 Å². The molecule has 0 spiro atoms. The van der Waals surface area contributed by atoms with Crippen molar-refractivity contribution in [3.8, 4) is 0 Å². The predicted molar refractivity (Wildman–Crippen MR) is 82.0 cm³/mol. The van der Waals surface area contributed by atoms with Gasteiger partial charge < -0.3 is 10.6 Å². The van der Waals surface area contributed by atoms with Crippen molar-refractivity contribution in [2.45, 2.75) is 13.5 Å². The number of urea groups is 1. The summed E-state index contributed by atoms with van der Waals surface area (Å²) in [7, 11) is 0. The van der Waals surface area contributed by atoms with Gasteiger partial charge in [0.1, 0.15) is 5.82 Å². The highest BCUT2D eigenvalue weighted by Crippen LogP contribution is 2.08. The van der Waals surface area contributed by atoms with Gasteiger partial charge in [-0.15, -0.1) is 0 Å². The monoisotopic (exact) mass is 284 g/mol. The summed E-state index contributed by atoms with van der Waals surface area (Å²) in [4.78, 5) is 11.6. The van der Waals surface area contributed by atoms with Crippen molar-refractivity contribution in [3.05, 3.63) is 77.2 Å². The molecule has 3 nitrogen and oxygen atoms in total. The third-order valence-electron chi connectivity index (χ3n) is 3.03. The molecular weight excluding hydrogens is 267 g/mol. The molecule has 0 saturated heterocycles. The maximum Gasteiger partial charge on any atom is 0.319 e. The lowest BCUT2D eigenvalue weighted by molar-refractivity contribution is 0.244. The van der Waals surface area contributed by atoms with Crippen molar-refractivity contribution in [2.24, 2.45) is 0 Å². The summed E-state index contributed by atoms with van der Waals surface area (Å²) in [6, 6.07) is 13.6. The van der Waals surface area contributed by atoms with Crippen LogP contribution in [0.4, 0.5) is 9.18 Å². The van der Waals surface area contributed by atoms with Crippen molar-refractivity contribution >= 4 is 12.1 Å². The van der Waals surface area contributed by atoms with Gasteiger partial charge in [0.05, 0.1) is 0 Å². The molecular formula is C17H17FN2O. The number of halogens is 1. The molecule has 4 heteroatoms. The van der Waals surface area contributed by atoms with Gasteiger partial charge in [0.15, 0.2) is 0 Å². The van der Waals surface area contributed by atoms with E-state index in [4.69, 9.17) is 0 Å². The van der Waals surface area contributed by atoms with Gasteiger partial charge in [0.25, 0.3) is 0 Å². The summed E-state index contributed by atoms with van der Waals surface area (Å²) in [5.41, 5.74) is 3.04. The average molecular weight is 284 g/mol. The van der Waals surface area contributed by atoms with Crippen molar-refractivity contribution in [2.75, 3.05) is 0 Å². The first-order chi connectivity index (χ1) is 10.1. The van der Waals surface area contributed by atoms with Crippen molar-refractivity contribution in [1.82, 2.24) is 10.6 Å². The number of hydrogen-bond acceptors (Lipinski definition) is 1. The topological polar surface area (TPSA) is 41.1 Å². The van der Waals surface area contributed by atoms with E-state index in [2.05, 4.69) is 10.6 Å². The Kier molecular flexibility index (Phi) is 5.10. The molecule has 0 aliphatic rings. The van der Waals surface area contributed by atoms with E-state index in [9.17, 15) is 9.18 Å². The van der Waals surface area contributed by atoms with Crippen LogP contribution in [0.2, 0.25) is 0 Å². The molecule has 2 amide bonds. The first-order valence-electron chi connectivity index (χ1n) is 6.66. The first-order valence-corrected chi connectivity index (χ1v) is 6.66. The molecule has 2 aromatic carbocycles. The van der Waals surface area contributed by atoms with Crippen LogP contribution in [-0.2, 0) is 6.54 Å². The fourth-order valence-electron chi connectivity index (χ4n) is 1.82. The van der Waals surface area contributed by atoms with E-state index in [-0.39, 0.29) is 11.8 Å². The van der Waals surface area contributed by atoms with E-state index in [0.29, 0.717) is 6.54 Å². The second-order valence-electron chi connectivity index (χ2n) is 4.64. The molecule has 0 radical (unpaired) electrons. The summed E-state index contributed by atoms with van der Waals surface area (Å²) in [6.07, 6.45) is 3.44. The molecule has 0 aromatic heterocycles. The Hall–Kier alpha value is -2.62. The Morgan fingerprint density at radius 2 is 1.86 bits per heavy atom. The van der Waals surface area contributed by atoms with Crippen molar-refractivity contribution in [1.29, 1.82) is 0 Å². The molecule has 0 heterocycles. The Balaban J connectivity index is 1.80. The third kappa shape index (κ3) is 4.76. The largest absolute Gasteiger partial charge is 0.334 e. The molecule has 0 saturated carbocycles. The third-order valence-corrected chi connectivity index (χ3v) is 3.03. The van der Waals surface area contributed by atoms with Crippen LogP contribution >= 0.6 is 0 Å². The van der Waals surface area contributed by atoms with Crippen LogP contribution in [0.1, 0.15) is 16.7 Å². The number of hydrogen-bond donors (Lipinski definition) is 2. The number of benzene rings is 2. The minimum absolute atomic E-state index is 0.288. The summed E-state index contributed by atoms with van der Waals surface area (Å²) in [6.45, 7) is 2.36. The molecule has 2 N–H and O–H groups in total. The van der Waals surface area contributed by atoms with Gasteiger partial charge in [0.2, 0.25) is 0 Å². The molecule has 0 fully saturated rings. The highest BCUT2D eigenvalue weighted by Gasteiger charge is 1.98. The molecule has 0 aliphatic heterocycles. The van der Waals surface area contributed by atoms with E-state index >= 15 is 0 Å². The Morgan fingerprint density at radius 1 is 1.14 bits per heavy atom. The van der Waals surface area contributed by atoms with Crippen LogP contribution < -0.4 is 10.6 Å². The zero-order valence-corrected chi connectivity index (χ0v) is 11.8. The number of rotatable bonds is 4. The zero-order chi connectivity index (χ0) is 15.1. The number of carbonyl (C=O) groups is 1. The molecule has 0 aliphatic carbocycles. The van der Waals surface area contributed by atoms with E-state index in [1.807, 2.05) is 37.3 Å². The lowest BCUT2D eigenvalue weighted by atomic mass is 10.1. The van der Waals surface area contributed by atoms with Crippen LogP contribution in [0.3, 0.4) is 0 Å². The quantitative estimate of drug-likeness (QED) is 0.885. The normalized spacial score (nSPS) is 10.6. The lowest BCUT2D eigenvalue weighted by Gasteiger charge is -2.05. The van der Waals surface area contributed by atoms with Gasteiger partial charge in [0, 0.05) is 12.7 Å². The number of amides is 2. The van der Waals surface area contributed by atoms with Crippen molar-refractivity contribution in [3.63, 3.8) is 0 Å². The standard InChI is InChI=1S/C17H17FN2O/c1-13-4-2-3-5-15(13)10-11-19-17(21)20-12-14-6-8-16(18)9-7-14/h2-11H,12H2,1H3,(H2,19,20,21)/b11-10+. The van der Waals surface area contributed by atoms with Crippen LogP contribution in [0.5, 0.6) is 0 Å². The summed E-state index contributed by atoms with van der Waals surface area (Å²) >= 11 is 0. The van der Waals surface area contributed by atoms with Gasteiger partial charge in [-0.1, -0.05) is 36.4 Å². The SMILES string of the molecule is Cc1ccccc1/C=C/NC(=O)NCc1ccc(F)cc1. The smallest absolute Gasteiger partial charge is 0.319 e. The van der Waals surface area contributed by atoms with E-state index in [1.54, 1.807) is 18.3 Å². The van der Waals surface area contributed by atoms with Crippen molar-refractivity contribution < 1.29 is 9.18 Å². The fraction of sp³-hybridized carbons (Fsp3) is 0.118. The second-order valence-corrected chi connectivity index (χ2v) is 4.64. The fourth-order valence-corrected chi connectivity index (χ4v) is 1.82. The van der Waals surface area contributed by atoms with Gasteiger partial charge >= 0.3 is 6.03 Å². The minimum atomic E-state index is -0.302. The molecule has 0 bridgehead atoms. The molecule has 21 heavy (non-hydrogen) atoms. The number of aryl methyl sites for hydroxylation is 1. The second kappa shape index (κ2) is 7.24. The van der Waals surface area contributed by atoms with E-state index in [0.717, 1.165) is 16.7 Å².